The van der Waals surface area contributed by atoms with E-state index in [9.17, 15) is 27.6 Å². The Hall–Kier alpha value is -2.82. The number of hydrogen-bond acceptors (Lipinski definition) is 7. The summed E-state index contributed by atoms with van der Waals surface area (Å²) in [6.07, 6.45) is -4.91. The fourth-order valence-corrected chi connectivity index (χ4v) is 3.05. The SMILES string of the molecule is COC(=O)c1ccc(OCN2CCC[C@@]2(NC(=O)C(F)(F)F)C(=O)OC(C)(C)C)cc1. The van der Waals surface area contributed by atoms with Gasteiger partial charge in [0.05, 0.1) is 12.7 Å². The highest BCUT2D eigenvalue weighted by atomic mass is 19.4. The fraction of sp³-hybridized carbons (Fsp3) is 0.550. The van der Waals surface area contributed by atoms with Gasteiger partial charge in [0.2, 0.25) is 0 Å². The van der Waals surface area contributed by atoms with Gasteiger partial charge >= 0.3 is 24.0 Å². The first-order chi connectivity index (χ1) is 14.3. The normalized spacial score (nSPS) is 19.6. The summed E-state index contributed by atoms with van der Waals surface area (Å²) in [4.78, 5) is 37.3. The van der Waals surface area contributed by atoms with Gasteiger partial charge < -0.3 is 19.5 Å². The summed E-state index contributed by atoms with van der Waals surface area (Å²) in [6, 6.07) is 5.87. The number of alkyl halides is 3. The number of ether oxygens (including phenoxy) is 3. The number of methoxy groups -OCH3 is 1. The smallest absolute Gasteiger partial charge is 0.471 e. The number of halogens is 3. The summed E-state index contributed by atoms with van der Waals surface area (Å²) in [5.74, 6) is -3.47. The van der Waals surface area contributed by atoms with Crippen molar-refractivity contribution in [3.63, 3.8) is 0 Å². The molecule has 0 aliphatic carbocycles. The van der Waals surface area contributed by atoms with E-state index < -0.39 is 35.3 Å². The van der Waals surface area contributed by atoms with Gasteiger partial charge in [-0.1, -0.05) is 0 Å². The average Bonchev–Trinajstić information content (AvgIpc) is 3.07. The van der Waals surface area contributed by atoms with Crippen LogP contribution in [0.2, 0.25) is 0 Å². The maximum atomic E-state index is 12.9. The van der Waals surface area contributed by atoms with Crippen LogP contribution < -0.4 is 10.1 Å². The van der Waals surface area contributed by atoms with E-state index in [1.807, 2.05) is 5.32 Å². The van der Waals surface area contributed by atoms with Gasteiger partial charge in [0.1, 0.15) is 18.1 Å². The first-order valence-electron chi connectivity index (χ1n) is 9.47. The first kappa shape index (κ1) is 24.4. The van der Waals surface area contributed by atoms with E-state index in [-0.39, 0.29) is 25.3 Å². The Morgan fingerprint density at radius 1 is 1.13 bits per heavy atom. The molecule has 1 amide bonds. The summed E-state index contributed by atoms with van der Waals surface area (Å²) < 4.78 is 54.3. The zero-order valence-corrected chi connectivity index (χ0v) is 17.7. The molecular weight excluding hydrogens is 421 g/mol. The summed E-state index contributed by atoms with van der Waals surface area (Å²) in [7, 11) is 1.24. The molecule has 0 saturated carbocycles. The molecule has 0 aromatic heterocycles. The van der Waals surface area contributed by atoms with Crippen LogP contribution in [0.25, 0.3) is 0 Å². The topological polar surface area (TPSA) is 94.2 Å². The minimum atomic E-state index is -5.17. The predicted molar refractivity (Wildman–Crippen MR) is 102 cm³/mol. The Morgan fingerprint density at radius 2 is 1.74 bits per heavy atom. The molecule has 1 atom stereocenters. The van der Waals surface area contributed by atoms with Gasteiger partial charge in [-0.2, -0.15) is 13.2 Å². The minimum Gasteiger partial charge on any atom is -0.478 e. The molecule has 2 rings (SSSR count). The molecule has 8 nitrogen and oxygen atoms in total. The largest absolute Gasteiger partial charge is 0.478 e. The van der Waals surface area contributed by atoms with Gasteiger partial charge in [0.25, 0.3) is 0 Å². The third-order valence-electron chi connectivity index (χ3n) is 4.48. The number of rotatable bonds is 6. The lowest BCUT2D eigenvalue weighted by Gasteiger charge is -2.38. The number of nitrogens with zero attached hydrogens (tertiary/aromatic N) is 1. The van der Waals surface area contributed by atoms with Crippen LogP contribution >= 0.6 is 0 Å². The molecule has 1 saturated heterocycles. The van der Waals surface area contributed by atoms with E-state index in [2.05, 4.69) is 4.74 Å². The molecule has 172 valence electrons. The van der Waals surface area contributed by atoms with E-state index in [0.29, 0.717) is 12.2 Å². The number of likely N-dealkylation sites (tertiary alicyclic amines) is 1. The van der Waals surface area contributed by atoms with Crippen molar-refractivity contribution in [1.29, 1.82) is 0 Å². The maximum Gasteiger partial charge on any atom is 0.471 e. The molecule has 1 aliphatic heterocycles. The van der Waals surface area contributed by atoms with Crippen LogP contribution in [0.15, 0.2) is 24.3 Å². The summed E-state index contributed by atoms with van der Waals surface area (Å²) >= 11 is 0. The van der Waals surface area contributed by atoms with Crippen molar-refractivity contribution in [1.82, 2.24) is 10.2 Å². The van der Waals surface area contributed by atoms with Crippen LogP contribution in [0.5, 0.6) is 5.75 Å². The maximum absolute atomic E-state index is 12.9. The Morgan fingerprint density at radius 3 is 2.26 bits per heavy atom. The molecule has 0 unspecified atom stereocenters. The standard InChI is InChI=1S/C20H25F3N2O6/c1-18(2,3)31-17(28)19(24-16(27)20(21,22)23)10-5-11-25(19)12-30-14-8-6-13(7-9-14)15(26)29-4/h6-9H,5,10-12H2,1-4H3,(H,24,27)/t19-/m0/s1. The second-order valence-corrected chi connectivity index (χ2v) is 7.97. The van der Waals surface area contributed by atoms with Gasteiger partial charge in [-0.25, -0.2) is 14.5 Å². The van der Waals surface area contributed by atoms with Crippen LogP contribution in [0, 0.1) is 0 Å². The lowest BCUT2D eigenvalue weighted by molar-refractivity contribution is -0.187. The van der Waals surface area contributed by atoms with Gasteiger partial charge in [-0.3, -0.25) is 4.79 Å². The van der Waals surface area contributed by atoms with Crippen LogP contribution in [-0.4, -0.2) is 60.6 Å². The Kier molecular flexibility index (Phi) is 7.20. The summed E-state index contributed by atoms with van der Waals surface area (Å²) in [6.45, 7) is 4.61. The van der Waals surface area contributed by atoms with Gasteiger partial charge in [0, 0.05) is 6.54 Å². The number of amides is 1. The number of nitrogens with one attached hydrogen (secondary N) is 1. The molecule has 0 bridgehead atoms. The van der Waals surface area contributed by atoms with Crippen LogP contribution in [0.3, 0.4) is 0 Å². The Bertz CT molecular complexity index is 820. The van der Waals surface area contributed by atoms with Crippen molar-refractivity contribution in [3.8, 4) is 5.75 Å². The first-order valence-corrected chi connectivity index (χ1v) is 9.47. The van der Waals surface area contributed by atoms with Gasteiger partial charge in [-0.15, -0.1) is 0 Å². The van der Waals surface area contributed by atoms with Crippen molar-refractivity contribution < 1.29 is 41.8 Å². The quantitative estimate of drug-likeness (QED) is 0.672. The van der Waals surface area contributed by atoms with E-state index in [1.54, 1.807) is 20.8 Å². The summed E-state index contributed by atoms with van der Waals surface area (Å²) in [5.41, 5.74) is -2.71. The highest BCUT2D eigenvalue weighted by molar-refractivity contribution is 5.90. The van der Waals surface area contributed by atoms with Crippen molar-refractivity contribution in [3.05, 3.63) is 29.8 Å². The molecule has 11 heteroatoms. The predicted octanol–water partition coefficient (Wildman–Crippen LogP) is 2.62. The molecular formula is C20H25F3N2O6. The van der Waals surface area contributed by atoms with Crippen molar-refractivity contribution in [2.45, 2.75) is 51.1 Å². The van der Waals surface area contributed by atoms with Gasteiger partial charge in [-0.05, 0) is 57.9 Å². The number of hydrogen-bond donors (Lipinski definition) is 1. The minimum absolute atomic E-state index is 0.0750. The average molecular weight is 446 g/mol. The van der Waals surface area contributed by atoms with Crippen LogP contribution in [0.4, 0.5) is 13.2 Å². The molecule has 1 heterocycles. The zero-order valence-electron chi connectivity index (χ0n) is 17.7. The third kappa shape index (κ3) is 6.09. The summed E-state index contributed by atoms with van der Waals surface area (Å²) in [5, 5.41) is 1.82. The van der Waals surface area contributed by atoms with Crippen LogP contribution in [-0.2, 0) is 19.1 Å². The fourth-order valence-electron chi connectivity index (χ4n) is 3.05. The molecule has 1 aromatic rings. The Labute approximate surface area is 177 Å². The number of carbonyl (C=O) groups is 3. The van der Waals surface area contributed by atoms with Crippen molar-refractivity contribution >= 4 is 17.8 Å². The molecule has 1 aromatic carbocycles. The molecule has 0 radical (unpaired) electrons. The molecule has 1 N–H and O–H groups in total. The second kappa shape index (κ2) is 9.13. The second-order valence-electron chi connectivity index (χ2n) is 7.97. The molecule has 1 aliphatic rings. The number of benzene rings is 1. The van der Waals surface area contributed by atoms with Crippen LogP contribution in [0.1, 0.15) is 44.0 Å². The van der Waals surface area contributed by atoms with Crippen molar-refractivity contribution in [2.24, 2.45) is 0 Å². The third-order valence-corrected chi connectivity index (χ3v) is 4.48. The van der Waals surface area contributed by atoms with E-state index in [4.69, 9.17) is 9.47 Å². The number of carbonyl (C=O) groups excluding carboxylic acids is 3. The van der Waals surface area contributed by atoms with E-state index in [0.717, 1.165) is 0 Å². The lowest BCUT2D eigenvalue weighted by Crippen LogP contribution is -2.66. The monoisotopic (exact) mass is 446 g/mol. The van der Waals surface area contributed by atoms with Crippen molar-refractivity contribution in [2.75, 3.05) is 20.4 Å². The van der Waals surface area contributed by atoms with E-state index in [1.165, 1.54) is 36.3 Å². The highest BCUT2D eigenvalue weighted by Gasteiger charge is 2.55. The Balaban J connectivity index is 2.23. The molecule has 0 spiro atoms. The van der Waals surface area contributed by atoms with Gasteiger partial charge in [0.15, 0.2) is 5.66 Å². The highest BCUT2D eigenvalue weighted by Crippen LogP contribution is 2.31. The zero-order chi connectivity index (χ0) is 23.4. The molecule has 31 heavy (non-hydrogen) atoms. The number of esters is 2. The lowest BCUT2D eigenvalue weighted by atomic mass is 10.1. The van der Waals surface area contributed by atoms with E-state index >= 15 is 0 Å². The molecule has 1 fully saturated rings.